The van der Waals surface area contributed by atoms with E-state index < -0.39 is 0 Å². The highest BCUT2D eigenvalue weighted by Gasteiger charge is 2.09. The maximum atomic E-state index is 9.50. The second-order valence-corrected chi connectivity index (χ2v) is 4.07. The Bertz CT molecular complexity index is 270. The van der Waals surface area contributed by atoms with Crippen molar-refractivity contribution in [2.75, 3.05) is 0 Å². The lowest BCUT2D eigenvalue weighted by molar-refractivity contribution is 0.143. The molecule has 4 heteroatoms. The van der Waals surface area contributed by atoms with E-state index in [1.54, 1.807) is 10.9 Å². The van der Waals surface area contributed by atoms with Crippen LogP contribution in [0.5, 0.6) is 0 Å². The Morgan fingerprint density at radius 1 is 1.50 bits per heavy atom. The standard InChI is InChI=1S/C10H19N3O/c1-4-10(14)7-13-9(5-8(2)3)6-11-12-13/h6,8,10,14H,4-5,7H2,1-3H3. The Balaban J connectivity index is 2.62. The largest absolute Gasteiger partial charge is 0.391 e. The molecular formula is C10H19N3O. The summed E-state index contributed by atoms with van der Waals surface area (Å²) < 4.78 is 1.80. The second-order valence-electron chi connectivity index (χ2n) is 4.07. The van der Waals surface area contributed by atoms with Crippen molar-refractivity contribution in [3.8, 4) is 0 Å². The number of nitrogens with zero attached hydrogens (tertiary/aromatic N) is 3. The van der Waals surface area contributed by atoms with Crippen LogP contribution in [0, 0.1) is 5.92 Å². The summed E-state index contributed by atoms with van der Waals surface area (Å²) in [5.41, 5.74) is 1.10. The maximum Gasteiger partial charge on any atom is 0.0734 e. The van der Waals surface area contributed by atoms with Crippen LogP contribution in [-0.4, -0.2) is 26.2 Å². The van der Waals surface area contributed by atoms with E-state index in [2.05, 4.69) is 24.2 Å². The molecule has 0 radical (unpaired) electrons. The van der Waals surface area contributed by atoms with E-state index >= 15 is 0 Å². The molecule has 0 aromatic carbocycles. The first-order chi connectivity index (χ1) is 6.63. The van der Waals surface area contributed by atoms with Crippen LogP contribution in [0.1, 0.15) is 32.9 Å². The molecule has 0 aliphatic rings. The third kappa shape index (κ3) is 3.10. The molecule has 0 saturated carbocycles. The number of aromatic nitrogens is 3. The van der Waals surface area contributed by atoms with Crippen molar-refractivity contribution < 1.29 is 5.11 Å². The first-order valence-electron chi connectivity index (χ1n) is 5.19. The summed E-state index contributed by atoms with van der Waals surface area (Å²) in [7, 11) is 0. The quantitative estimate of drug-likeness (QED) is 0.772. The van der Waals surface area contributed by atoms with Gasteiger partial charge in [0, 0.05) is 0 Å². The molecule has 0 aliphatic carbocycles. The summed E-state index contributed by atoms with van der Waals surface area (Å²) in [6.45, 7) is 6.84. The van der Waals surface area contributed by atoms with Gasteiger partial charge in [-0.25, -0.2) is 4.68 Å². The normalized spacial score (nSPS) is 13.5. The first-order valence-corrected chi connectivity index (χ1v) is 5.19. The van der Waals surface area contributed by atoms with Gasteiger partial charge in [-0.2, -0.15) is 0 Å². The third-order valence-corrected chi connectivity index (χ3v) is 2.17. The molecule has 0 fully saturated rings. The molecule has 0 aliphatic heterocycles. The summed E-state index contributed by atoms with van der Waals surface area (Å²) in [4.78, 5) is 0. The van der Waals surface area contributed by atoms with Gasteiger partial charge < -0.3 is 5.11 Å². The van der Waals surface area contributed by atoms with Gasteiger partial charge in [0.15, 0.2) is 0 Å². The maximum absolute atomic E-state index is 9.50. The van der Waals surface area contributed by atoms with E-state index in [0.29, 0.717) is 12.5 Å². The summed E-state index contributed by atoms with van der Waals surface area (Å²) in [5, 5.41) is 17.3. The van der Waals surface area contributed by atoms with Crippen molar-refractivity contribution in [2.24, 2.45) is 5.92 Å². The van der Waals surface area contributed by atoms with Gasteiger partial charge in [0.1, 0.15) is 0 Å². The molecule has 0 bridgehead atoms. The van der Waals surface area contributed by atoms with Crippen LogP contribution in [0.2, 0.25) is 0 Å². The van der Waals surface area contributed by atoms with Gasteiger partial charge in [0.2, 0.25) is 0 Å². The van der Waals surface area contributed by atoms with Gasteiger partial charge in [0.25, 0.3) is 0 Å². The lowest BCUT2D eigenvalue weighted by Crippen LogP contribution is -2.18. The predicted molar refractivity (Wildman–Crippen MR) is 54.9 cm³/mol. The van der Waals surface area contributed by atoms with Crippen LogP contribution in [0.25, 0.3) is 0 Å². The van der Waals surface area contributed by atoms with Gasteiger partial charge in [-0.05, 0) is 18.8 Å². The van der Waals surface area contributed by atoms with E-state index in [0.717, 1.165) is 18.5 Å². The van der Waals surface area contributed by atoms with Crippen molar-refractivity contribution >= 4 is 0 Å². The molecule has 0 saturated heterocycles. The van der Waals surface area contributed by atoms with Crippen LogP contribution in [0.4, 0.5) is 0 Å². The van der Waals surface area contributed by atoms with Crippen LogP contribution in [0.15, 0.2) is 6.20 Å². The molecule has 0 spiro atoms. The zero-order valence-electron chi connectivity index (χ0n) is 9.14. The van der Waals surface area contributed by atoms with Crippen molar-refractivity contribution in [2.45, 2.75) is 46.3 Å². The zero-order valence-corrected chi connectivity index (χ0v) is 9.14. The van der Waals surface area contributed by atoms with Gasteiger partial charge in [-0.15, -0.1) is 5.10 Å². The highest BCUT2D eigenvalue weighted by Crippen LogP contribution is 2.07. The van der Waals surface area contributed by atoms with E-state index in [4.69, 9.17) is 0 Å². The molecule has 1 rings (SSSR count). The minimum Gasteiger partial charge on any atom is -0.391 e. The molecule has 1 unspecified atom stereocenters. The topological polar surface area (TPSA) is 50.9 Å². The van der Waals surface area contributed by atoms with Crippen molar-refractivity contribution in [1.29, 1.82) is 0 Å². The van der Waals surface area contributed by atoms with Gasteiger partial charge in [0.05, 0.1) is 24.5 Å². The van der Waals surface area contributed by atoms with E-state index in [-0.39, 0.29) is 6.10 Å². The predicted octanol–water partition coefficient (Wildman–Crippen LogP) is 1.25. The van der Waals surface area contributed by atoms with E-state index in [1.807, 2.05) is 6.92 Å². The summed E-state index contributed by atoms with van der Waals surface area (Å²) in [6, 6.07) is 0. The molecule has 1 atom stereocenters. The molecule has 1 aromatic rings. The van der Waals surface area contributed by atoms with Gasteiger partial charge in [-0.1, -0.05) is 26.0 Å². The molecule has 80 valence electrons. The summed E-state index contributed by atoms with van der Waals surface area (Å²) in [5.74, 6) is 0.589. The number of aliphatic hydroxyl groups is 1. The first kappa shape index (κ1) is 11.2. The number of hydrogen-bond acceptors (Lipinski definition) is 3. The van der Waals surface area contributed by atoms with Crippen LogP contribution in [-0.2, 0) is 13.0 Å². The minimum absolute atomic E-state index is 0.317. The average Bonchev–Trinajstić information content (AvgIpc) is 2.52. The molecule has 1 N–H and O–H groups in total. The molecule has 4 nitrogen and oxygen atoms in total. The molecule has 1 aromatic heterocycles. The monoisotopic (exact) mass is 197 g/mol. The Hall–Kier alpha value is -0.900. The fourth-order valence-corrected chi connectivity index (χ4v) is 1.34. The van der Waals surface area contributed by atoms with Gasteiger partial charge in [-0.3, -0.25) is 0 Å². The molecule has 0 amide bonds. The number of aliphatic hydroxyl groups excluding tert-OH is 1. The van der Waals surface area contributed by atoms with Crippen LogP contribution >= 0.6 is 0 Å². The van der Waals surface area contributed by atoms with Crippen molar-refractivity contribution in [3.05, 3.63) is 11.9 Å². The molecule has 1 heterocycles. The molecule has 14 heavy (non-hydrogen) atoms. The van der Waals surface area contributed by atoms with E-state index in [1.165, 1.54) is 0 Å². The summed E-state index contributed by atoms with van der Waals surface area (Å²) >= 11 is 0. The Kier molecular flexibility index (Phi) is 4.07. The fourth-order valence-electron chi connectivity index (χ4n) is 1.34. The Labute approximate surface area is 84.9 Å². The van der Waals surface area contributed by atoms with Crippen molar-refractivity contribution in [3.63, 3.8) is 0 Å². The highest BCUT2D eigenvalue weighted by molar-refractivity contribution is 4.95. The fraction of sp³-hybridized carbons (Fsp3) is 0.800. The smallest absolute Gasteiger partial charge is 0.0734 e. The lowest BCUT2D eigenvalue weighted by Gasteiger charge is -2.11. The average molecular weight is 197 g/mol. The highest BCUT2D eigenvalue weighted by atomic mass is 16.3. The van der Waals surface area contributed by atoms with Crippen LogP contribution < -0.4 is 0 Å². The zero-order chi connectivity index (χ0) is 10.6. The second kappa shape index (κ2) is 5.10. The number of rotatable bonds is 5. The Morgan fingerprint density at radius 2 is 2.21 bits per heavy atom. The minimum atomic E-state index is -0.317. The van der Waals surface area contributed by atoms with Crippen LogP contribution in [0.3, 0.4) is 0 Å². The molecular weight excluding hydrogens is 178 g/mol. The Morgan fingerprint density at radius 3 is 2.79 bits per heavy atom. The number of hydrogen-bond donors (Lipinski definition) is 1. The summed E-state index contributed by atoms with van der Waals surface area (Å²) in [6.07, 6.45) is 3.18. The third-order valence-electron chi connectivity index (χ3n) is 2.17. The van der Waals surface area contributed by atoms with Crippen molar-refractivity contribution in [1.82, 2.24) is 15.0 Å². The SMILES string of the molecule is CCC(O)Cn1nncc1CC(C)C. The van der Waals surface area contributed by atoms with E-state index in [9.17, 15) is 5.11 Å². The van der Waals surface area contributed by atoms with Gasteiger partial charge >= 0.3 is 0 Å². The lowest BCUT2D eigenvalue weighted by atomic mass is 10.1.